The fourth-order valence-electron chi connectivity index (χ4n) is 10.2. The first-order valence-electron chi connectivity index (χ1n) is 19.7. The number of ketones is 2. The second-order valence-corrected chi connectivity index (χ2v) is 17.1. The molecule has 4 aliphatic rings. The van der Waals surface area contributed by atoms with Crippen LogP contribution in [0.4, 0.5) is 0 Å². The summed E-state index contributed by atoms with van der Waals surface area (Å²) in [6.45, 7) is 6.88. The predicted molar refractivity (Wildman–Crippen MR) is 207 cm³/mol. The molecule has 3 aliphatic carbocycles. The molecule has 59 heavy (non-hydrogen) atoms. The van der Waals surface area contributed by atoms with Crippen LogP contribution in [0.1, 0.15) is 79.8 Å². The molecule has 3 aromatic carbocycles. The molecular weight excluding hydrogens is 762 g/mol. The molecule has 4 fully saturated rings. The monoisotopic (exact) mass is 811 g/mol. The standard InChI is InChI=1S/C45H49NO13/c1-24-29(57-41(54)35(50)33(26-15-9-6-10-16-26)46-39(52)27-17-11-7-12-18-27)22-45(55)38(58-40(53)28-19-13-8-14-20-28)36-43(5,37(51)34(49)32(24)42(45,3)4)30(48)21-31-44(36,23-56-31)59-25(2)47/h6-20,24,29-33,35-36,38,48,50,55H,21-23H2,1-5H3,(H,46,52)/t24?,29-,30-,31?,32?,33-,35+,36?,38-,43+,44-,45+/m0/s1. The van der Waals surface area contributed by atoms with Crippen LogP contribution in [-0.2, 0) is 38.1 Å². The molecule has 12 atom stereocenters. The Kier molecular flexibility index (Phi) is 10.9. The van der Waals surface area contributed by atoms with Crippen LogP contribution in [0.3, 0.4) is 0 Å². The lowest BCUT2D eigenvalue weighted by Crippen LogP contribution is -2.82. The maximum Gasteiger partial charge on any atom is 0.338 e. The number of benzene rings is 3. The molecule has 7 rings (SSSR count). The highest BCUT2D eigenvalue weighted by molar-refractivity contribution is 6.40. The Morgan fingerprint density at radius 2 is 1.44 bits per heavy atom. The molecule has 1 saturated heterocycles. The van der Waals surface area contributed by atoms with Crippen LogP contribution in [0.15, 0.2) is 91.0 Å². The molecule has 312 valence electrons. The van der Waals surface area contributed by atoms with Crippen LogP contribution in [0, 0.1) is 28.6 Å². The van der Waals surface area contributed by atoms with Gasteiger partial charge in [0.05, 0.1) is 35.6 Å². The van der Waals surface area contributed by atoms with Gasteiger partial charge in [-0.1, -0.05) is 87.5 Å². The Hall–Kier alpha value is -5.28. The number of amides is 1. The number of aliphatic hydroxyl groups excluding tert-OH is 2. The number of ether oxygens (including phenoxy) is 4. The third-order valence-electron chi connectivity index (χ3n) is 13.5. The maximum absolute atomic E-state index is 14.9. The van der Waals surface area contributed by atoms with Crippen LogP contribution in [-0.4, -0.2) is 99.0 Å². The number of carbonyl (C=O) groups excluding carboxylic acids is 6. The van der Waals surface area contributed by atoms with Crippen molar-refractivity contribution in [1.82, 2.24) is 5.32 Å². The number of nitrogens with one attached hydrogen (secondary N) is 1. The molecule has 3 saturated carbocycles. The van der Waals surface area contributed by atoms with Gasteiger partial charge < -0.3 is 39.6 Å². The number of esters is 3. The van der Waals surface area contributed by atoms with Crippen molar-refractivity contribution < 1.29 is 63.0 Å². The molecule has 2 bridgehead atoms. The van der Waals surface area contributed by atoms with E-state index in [2.05, 4.69) is 5.32 Å². The van der Waals surface area contributed by atoms with E-state index in [0.717, 1.165) is 6.92 Å². The first kappa shape index (κ1) is 41.9. The number of aliphatic hydroxyl groups is 3. The summed E-state index contributed by atoms with van der Waals surface area (Å²) in [7, 11) is 0. The van der Waals surface area contributed by atoms with Gasteiger partial charge in [-0.3, -0.25) is 19.2 Å². The average molecular weight is 812 g/mol. The van der Waals surface area contributed by atoms with Crippen LogP contribution in [0.5, 0.6) is 0 Å². The lowest BCUT2D eigenvalue weighted by molar-refractivity contribution is -0.350. The molecule has 14 heteroatoms. The van der Waals surface area contributed by atoms with Gasteiger partial charge in [0.15, 0.2) is 11.7 Å². The summed E-state index contributed by atoms with van der Waals surface area (Å²) in [4.78, 5) is 84.2. The highest BCUT2D eigenvalue weighted by Crippen LogP contribution is 2.64. The zero-order valence-corrected chi connectivity index (χ0v) is 33.4. The van der Waals surface area contributed by atoms with Gasteiger partial charge >= 0.3 is 17.9 Å². The summed E-state index contributed by atoms with van der Waals surface area (Å²) in [5.41, 5.74) is -7.06. The smallest absolute Gasteiger partial charge is 0.338 e. The average Bonchev–Trinajstić information content (AvgIpc) is 3.21. The largest absolute Gasteiger partial charge is 0.460 e. The molecule has 1 aliphatic heterocycles. The molecule has 1 amide bonds. The Balaban J connectivity index is 1.32. The first-order valence-corrected chi connectivity index (χ1v) is 19.7. The lowest BCUT2D eigenvalue weighted by Gasteiger charge is -2.67. The first-order chi connectivity index (χ1) is 27.9. The van der Waals surface area contributed by atoms with Crippen molar-refractivity contribution in [2.45, 2.75) is 95.2 Å². The minimum atomic E-state index is -2.35. The van der Waals surface area contributed by atoms with Gasteiger partial charge in [-0.25, -0.2) is 9.59 Å². The Morgan fingerprint density at radius 1 is 0.864 bits per heavy atom. The third-order valence-corrected chi connectivity index (χ3v) is 13.5. The summed E-state index contributed by atoms with van der Waals surface area (Å²) in [6, 6.07) is 23.0. The molecule has 0 radical (unpaired) electrons. The van der Waals surface area contributed by atoms with Gasteiger partial charge in [-0.2, -0.15) is 0 Å². The zero-order chi connectivity index (χ0) is 42.7. The number of Topliss-reactive ketones (excluding diaryl/α,β-unsaturated/α-hetero) is 2. The van der Waals surface area contributed by atoms with Gasteiger partial charge in [0, 0.05) is 42.6 Å². The second-order valence-electron chi connectivity index (χ2n) is 17.1. The van der Waals surface area contributed by atoms with E-state index in [9.17, 15) is 44.1 Å². The number of fused-ring (bicyclic) bond motifs is 5. The van der Waals surface area contributed by atoms with Gasteiger partial charge in [0.25, 0.3) is 5.91 Å². The van der Waals surface area contributed by atoms with Crippen LogP contribution in [0.25, 0.3) is 0 Å². The van der Waals surface area contributed by atoms with E-state index in [1.165, 1.54) is 19.1 Å². The van der Waals surface area contributed by atoms with Gasteiger partial charge in [-0.05, 0) is 36.8 Å². The van der Waals surface area contributed by atoms with E-state index in [0.29, 0.717) is 5.56 Å². The van der Waals surface area contributed by atoms with Crippen molar-refractivity contribution in [2.75, 3.05) is 6.61 Å². The van der Waals surface area contributed by atoms with E-state index in [-0.39, 0.29) is 24.2 Å². The van der Waals surface area contributed by atoms with E-state index < -0.39 is 118 Å². The number of hydrogen-bond acceptors (Lipinski definition) is 13. The van der Waals surface area contributed by atoms with Crippen molar-refractivity contribution in [1.29, 1.82) is 0 Å². The van der Waals surface area contributed by atoms with E-state index in [1.807, 2.05) is 0 Å². The molecule has 3 aromatic rings. The lowest BCUT2D eigenvalue weighted by atomic mass is 9.42. The van der Waals surface area contributed by atoms with Crippen molar-refractivity contribution in [3.63, 3.8) is 0 Å². The zero-order valence-electron chi connectivity index (χ0n) is 33.4. The SMILES string of the molecule is CC(=O)O[C@@]12COC1C[C@H](O)[C@@]1(C)C(=O)C(=O)C3C(C)[C@@H](OC(=O)[C@H](O)[C@@H](NC(=O)c4ccccc4)c4ccccc4)C[C@@](O)([C@@H](OC(=O)c4ccccc4)C21)C3(C)C. The molecule has 1 heterocycles. The molecule has 4 N–H and O–H groups in total. The third kappa shape index (κ3) is 6.75. The van der Waals surface area contributed by atoms with Crippen LogP contribution in [0.2, 0.25) is 0 Å². The normalized spacial score (nSPS) is 34.2. The van der Waals surface area contributed by atoms with Crippen molar-refractivity contribution in [3.05, 3.63) is 108 Å². The Bertz CT molecular complexity index is 2130. The van der Waals surface area contributed by atoms with Crippen LogP contribution < -0.4 is 5.32 Å². The molecule has 0 aromatic heterocycles. The van der Waals surface area contributed by atoms with Crippen molar-refractivity contribution >= 4 is 35.4 Å². The summed E-state index contributed by atoms with van der Waals surface area (Å²) in [5.74, 6) is -9.44. The second kappa shape index (κ2) is 15.4. The number of carbonyl (C=O) groups is 6. The number of rotatable bonds is 9. The van der Waals surface area contributed by atoms with E-state index in [1.54, 1.807) is 99.6 Å². The van der Waals surface area contributed by atoms with Crippen molar-refractivity contribution in [3.8, 4) is 0 Å². The van der Waals surface area contributed by atoms with Gasteiger partial charge in [-0.15, -0.1) is 0 Å². The maximum atomic E-state index is 14.9. The number of hydrogen-bond donors (Lipinski definition) is 4. The fourth-order valence-corrected chi connectivity index (χ4v) is 10.2. The van der Waals surface area contributed by atoms with E-state index >= 15 is 0 Å². The van der Waals surface area contributed by atoms with Crippen molar-refractivity contribution in [2.24, 2.45) is 28.6 Å². The Labute approximate surface area is 341 Å². The minimum absolute atomic E-state index is 0.0794. The van der Waals surface area contributed by atoms with Gasteiger partial charge in [0.2, 0.25) is 11.6 Å². The Morgan fingerprint density at radius 3 is 2.00 bits per heavy atom. The van der Waals surface area contributed by atoms with Crippen LogP contribution >= 0.6 is 0 Å². The summed E-state index contributed by atoms with van der Waals surface area (Å²) >= 11 is 0. The minimum Gasteiger partial charge on any atom is -0.460 e. The fraction of sp³-hybridized carbons (Fsp3) is 0.467. The molecule has 14 nitrogen and oxygen atoms in total. The van der Waals surface area contributed by atoms with E-state index in [4.69, 9.17) is 18.9 Å². The highest BCUT2D eigenvalue weighted by Gasteiger charge is 2.79. The quantitative estimate of drug-likeness (QED) is 0.139. The highest BCUT2D eigenvalue weighted by atomic mass is 16.6. The summed E-state index contributed by atoms with van der Waals surface area (Å²) < 4.78 is 24.2. The topological polar surface area (TPSA) is 212 Å². The molecular formula is C45H49NO13. The predicted octanol–water partition coefficient (Wildman–Crippen LogP) is 3.31. The molecule has 0 spiro atoms. The summed E-state index contributed by atoms with van der Waals surface area (Å²) in [6.07, 6.45) is -8.48. The summed E-state index contributed by atoms with van der Waals surface area (Å²) in [5, 5.41) is 39.7. The van der Waals surface area contributed by atoms with Gasteiger partial charge in [0.1, 0.15) is 23.9 Å². The molecule has 4 unspecified atom stereocenters.